The summed E-state index contributed by atoms with van der Waals surface area (Å²) >= 11 is 0. The Hall–Kier alpha value is -1.71. The molecule has 0 spiro atoms. The Morgan fingerprint density at radius 3 is 2.62 bits per heavy atom. The molecule has 8 nitrogen and oxygen atoms in total. The fourth-order valence-electron chi connectivity index (χ4n) is 1.45. The smallest absolute Gasteiger partial charge is 0.337 e. The SMILES string of the molecule is CC(C)NS(=O)(=O)c1cccnc1NCC(C)(O)C(=O)O. The predicted octanol–water partition coefficient (Wildman–Crippen LogP) is 0.0158. The van der Waals surface area contributed by atoms with Gasteiger partial charge in [0, 0.05) is 12.2 Å². The van der Waals surface area contributed by atoms with Crippen molar-refractivity contribution in [2.24, 2.45) is 0 Å². The fourth-order valence-corrected chi connectivity index (χ4v) is 2.83. The molecule has 0 aromatic carbocycles. The third kappa shape index (κ3) is 4.66. The number of nitrogens with zero attached hydrogens (tertiary/aromatic N) is 1. The van der Waals surface area contributed by atoms with Crippen molar-refractivity contribution in [3.8, 4) is 0 Å². The van der Waals surface area contributed by atoms with Crippen LogP contribution in [-0.4, -0.2) is 47.8 Å². The second kappa shape index (κ2) is 6.37. The van der Waals surface area contributed by atoms with Gasteiger partial charge in [-0.05, 0) is 32.9 Å². The molecule has 118 valence electrons. The van der Waals surface area contributed by atoms with E-state index < -0.39 is 21.6 Å². The number of hydrogen-bond donors (Lipinski definition) is 4. The van der Waals surface area contributed by atoms with E-state index in [9.17, 15) is 18.3 Å². The Morgan fingerprint density at radius 2 is 2.10 bits per heavy atom. The summed E-state index contributed by atoms with van der Waals surface area (Å²) in [4.78, 5) is 14.6. The fraction of sp³-hybridized carbons (Fsp3) is 0.500. The topological polar surface area (TPSA) is 129 Å². The number of pyridine rings is 1. The molecule has 0 amide bonds. The average Bonchev–Trinajstić information content (AvgIpc) is 2.35. The third-order valence-electron chi connectivity index (χ3n) is 2.51. The molecular formula is C12H19N3O5S. The normalized spacial score (nSPS) is 14.7. The number of aromatic nitrogens is 1. The number of nitrogens with one attached hydrogen (secondary N) is 2. The van der Waals surface area contributed by atoms with Crippen molar-refractivity contribution in [1.29, 1.82) is 0 Å². The van der Waals surface area contributed by atoms with Crippen molar-refractivity contribution in [2.45, 2.75) is 37.3 Å². The van der Waals surface area contributed by atoms with Crippen LogP contribution in [0.15, 0.2) is 23.2 Å². The Labute approximate surface area is 123 Å². The van der Waals surface area contributed by atoms with Gasteiger partial charge in [0.15, 0.2) is 5.60 Å². The minimum Gasteiger partial charge on any atom is -0.479 e. The van der Waals surface area contributed by atoms with E-state index in [0.29, 0.717) is 0 Å². The summed E-state index contributed by atoms with van der Waals surface area (Å²) < 4.78 is 26.7. The highest BCUT2D eigenvalue weighted by Gasteiger charge is 2.30. The highest BCUT2D eigenvalue weighted by molar-refractivity contribution is 7.89. The van der Waals surface area contributed by atoms with Crippen LogP contribution in [0.5, 0.6) is 0 Å². The summed E-state index contributed by atoms with van der Waals surface area (Å²) in [7, 11) is -3.78. The van der Waals surface area contributed by atoms with Crippen molar-refractivity contribution in [3.63, 3.8) is 0 Å². The highest BCUT2D eigenvalue weighted by atomic mass is 32.2. The van der Waals surface area contributed by atoms with E-state index in [2.05, 4.69) is 15.0 Å². The first kappa shape index (κ1) is 17.3. The minimum absolute atomic E-state index is 0.0211. The number of sulfonamides is 1. The molecule has 0 bridgehead atoms. The number of aliphatic carboxylic acids is 1. The first-order valence-electron chi connectivity index (χ1n) is 6.23. The number of hydrogen-bond acceptors (Lipinski definition) is 6. The molecule has 0 aliphatic carbocycles. The van der Waals surface area contributed by atoms with Crippen LogP contribution in [0.25, 0.3) is 0 Å². The molecule has 0 aliphatic heterocycles. The Bertz CT molecular complexity index is 613. The van der Waals surface area contributed by atoms with Crippen molar-refractivity contribution < 1.29 is 23.4 Å². The predicted molar refractivity (Wildman–Crippen MR) is 76.4 cm³/mol. The number of carboxylic acids is 1. The lowest BCUT2D eigenvalue weighted by molar-refractivity contribution is -0.155. The van der Waals surface area contributed by atoms with E-state index in [1.165, 1.54) is 18.3 Å². The maximum atomic E-state index is 12.2. The Morgan fingerprint density at radius 1 is 1.48 bits per heavy atom. The number of rotatable bonds is 7. The van der Waals surface area contributed by atoms with E-state index in [1.54, 1.807) is 13.8 Å². The Balaban J connectivity index is 3.03. The lowest BCUT2D eigenvalue weighted by atomic mass is 10.1. The molecule has 0 aliphatic rings. The first-order chi connectivity index (χ1) is 9.56. The molecule has 1 atom stereocenters. The van der Waals surface area contributed by atoms with Gasteiger partial charge in [-0.2, -0.15) is 0 Å². The van der Waals surface area contributed by atoms with Gasteiger partial charge in [-0.3, -0.25) is 0 Å². The van der Waals surface area contributed by atoms with Crippen LogP contribution in [0, 0.1) is 0 Å². The van der Waals surface area contributed by atoms with Crippen LogP contribution in [0.3, 0.4) is 0 Å². The molecule has 1 rings (SSSR count). The molecule has 1 unspecified atom stereocenters. The standard InChI is InChI=1S/C12H19N3O5S/c1-8(2)15-21(19,20)9-5-4-6-13-10(9)14-7-12(3,18)11(16)17/h4-6,8,15,18H,7H2,1-3H3,(H,13,14)(H,16,17). The van der Waals surface area contributed by atoms with Gasteiger partial charge < -0.3 is 15.5 Å². The molecule has 1 heterocycles. The second-order valence-corrected chi connectivity index (χ2v) is 6.74. The molecule has 1 aromatic rings. The summed E-state index contributed by atoms with van der Waals surface area (Å²) in [6, 6.07) is 2.50. The van der Waals surface area contributed by atoms with Gasteiger partial charge in [0.2, 0.25) is 10.0 Å². The van der Waals surface area contributed by atoms with Crippen LogP contribution in [0.1, 0.15) is 20.8 Å². The van der Waals surface area contributed by atoms with Gasteiger partial charge in [0.25, 0.3) is 0 Å². The van der Waals surface area contributed by atoms with Gasteiger partial charge in [-0.1, -0.05) is 0 Å². The molecule has 0 radical (unpaired) electrons. The lowest BCUT2D eigenvalue weighted by Crippen LogP contribution is -2.42. The zero-order valence-electron chi connectivity index (χ0n) is 12.0. The van der Waals surface area contributed by atoms with Crippen molar-refractivity contribution in [2.75, 3.05) is 11.9 Å². The van der Waals surface area contributed by atoms with Crippen LogP contribution in [0.4, 0.5) is 5.82 Å². The molecule has 1 aromatic heterocycles. The summed E-state index contributed by atoms with van der Waals surface area (Å²) in [5, 5.41) is 21.0. The van der Waals surface area contributed by atoms with Gasteiger partial charge in [-0.15, -0.1) is 0 Å². The van der Waals surface area contributed by atoms with E-state index in [4.69, 9.17) is 5.11 Å². The quantitative estimate of drug-likeness (QED) is 0.558. The third-order valence-corrected chi connectivity index (χ3v) is 4.20. The molecule has 9 heteroatoms. The molecule has 21 heavy (non-hydrogen) atoms. The van der Waals surface area contributed by atoms with Crippen LogP contribution >= 0.6 is 0 Å². The van der Waals surface area contributed by atoms with Crippen LogP contribution in [0.2, 0.25) is 0 Å². The molecule has 0 saturated heterocycles. The molecule has 0 saturated carbocycles. The van der Waals surface area contributed by atoms with Crippen LogP contribution < -0.4 is 10.0 Å². The van der Waals surface area contributed by atoms with Gasteiger partial charge >= 0.3 is 5.97 Å². The summed E-state index contributed by atoms with van der Waals surface area (Å²) in [6.07, 6.45) is 1.37. The summed E-state index contributed by atoms with van der Waals surface area (Å²) in [5.74, 6) is -1.44. The first-order valence-corrected chi connectivity index (χ1v) is 7.71. The summed E-state index contributed by atoms with van der Waals surface area (Å²) in [6.45, 7) is 4.07. The molecule has 4 N–H and O–H groups in total. The number of carbonyl (C=O) groups is 1. The summed E-state index contributed by atoms with van der Waals surface area (Å²) in [5.41, 5.74) is -2.04. The molecular weight excluding hydrogens is 298 g/mol. The largest absolute Gasteiger partial charge is 0.479 e. The average molecular weight is 317 g/mol. The highest BCUT2D eigenvalue weighted by Crippen LogP contribution is 2.19. The van der Waals surface area contributed by atoms with E-state index in [0.717, 1.165) is 6.92 Å². The van der Waals surface area contributed by atoms with Crippen LogP contribution in [-0.2, 0) is 14.8 Å². The zero-order valence-corrected chi connectivity index (χ0v) is 12.8. The van der Waals surface area contributed by atoms with Gasteiger partial charge in [0.05, 0.1) is 6.54 Å². The minimum atomic E-state index is -3.78. The maximum Gasteiger partial charge on any atom is 0.337 e. The van der Waals surface area contributed by atoms with E-state index >= 15 is 0 Å². The van der Waals surface area contributed by atoms with E-state index in [1.807, 2.05) is 0 Å². The van der Waals surface area contributed by atoms with Crippen molar-refractivity contribution in [1.82, 2.24) is 9.71 Å². The molecule has 0 fully saturated rings. The number of carboxylic acid groups (broad SMARTS) is 1. The zero-order chi connectivity index (χ0) is 16.3. The number of aliphatic hydroxyl groups is 1. The van der Waals surface area contributed by atoms with Crippen molar-refractivity contribution in [3.05, 3.63) is 18.3 Å². The monoisotopic (exact) mass is 317 g/mol. The Kier molecular flexibility index (Phi) is 5.26. The van der Waals surface area contributed by atoms with E-state index in [-0.39, 0.29) is 23.3 Å². The van der Waals surface area contributed by atoms with Gasteiger partial charge in [0.1, 0.15) is 10.7 Å². The second-order valence-electron chi connectivity index (χ2n) is 5.06. The van der Waals surface area contributed by atoms with Crippen molar-refractivity contribution >= 4 is 21.8 Å². The van der Waals surface area contributed by atoms with Gasteiger partial charge in [-0.25, -0.2) is 22.9 Å². The maximum absolute atomic E-state index is 12.2. The lowest BCUT2D eigenvalue weighted by Gasteiger charge is -2.20. The number of anilines is 1.